The van der Waals surface area contributed by atoms with Crippen LogP contribution in [0.4, 0.5) is 17.6 Å². The summed E-state index contributed by atoms with van der Waals surface area (Å²) >= 11 is 0. The van der Waals surface area contributed by atoms with Crippen LogP contribution in [0, 0.1) is 5.82 Å². The van der Waals surface area contributed by atoms with Crippen LogP contribution in [0.25, 0.3) is 0 Å². The lowest BCUT2D eigenvalue weighted by Gasteiger charge is -2.32. The van der Waals surface area contributed by atoms with E-state index in [9.17, 15) is 26.0 Å². The number of nitrogens with zero attached hydrogens (tertiary/aromatic N) is 1. The first-order valence-electron chi connectivity index (χ1n) is 8.11. The summed E-state index contributed by atoms with van der Waals surface area (Å²) in [6.45, 7) is 0.186. The van der Waals surface area contributed by atoms with Gasteiger partial charge >= 0.3 is 6.18 Å². The SMILES string of the molecule is O=S(=O)(c1cccc(F)c1)N1CCC(c2ccccc2C(F)(F)F)CC1. The molecule has 0 unspecified atom stereocenters. The van der Waals surface area contributed by atoms with Gasteiger partial charge in [0, 0.05) is 13.1 Å². The van der Waals surface area contributed by atoms with Crippen molar-refractivity contribution in [1.29, 1.82) is 0 Å². The van der Waals surface area contributed by atoms with Crippen LogP contribution in [0.3, 0.4) is 0 Å². The maximum Gasteiger partial charge on any atom is 0.416 e. The molecule has 2 aromatic rings. The van der Waals surface area contributed by atoms with Gasteiger partial charge < -0.3 is 0 Å². The molecule has 1 fully saturated rings. The predicted octanol–water partition coefficient (Wildman–Crippen LogP) is 4.41. The van der Waals surface area contributed by atoms with Gasteiger partial charge in [0.2, 0.25) is 10.0 Å². The molecule has 1 aliphatic heterocycles. The van der Waals surface area contributed by atoms with Crippen molar-refractivity contribution in [2.24, 2.45) is 0 Å². The Hall–Kier alpha value is -1.93. The zero-order valence-corrected chi connectivity index (χ0v) is 14.5. The predicted molar refractivity (Wildman–Crippen MR) is 88.6 cm³/mol. The van der Waals surface area contributed by atoms with E-state index < -0.39 is 27.6 Å². The van der Waals surface area contributed by atoms with Gasteiger partial charge in [-0.05, 0) is 48.6 Å². The second-order valence-electron chi connectivity index (χ2n) is 6.22. The van der Waals surface area contributed by atoms with Gasteiger partial charge in [-0.1, -0.05) is 24.3 Å². The molecule has 0 atom stereocenters. The van der Waals surface area contributed by atoms with E-state index in [1.165, 1.54) is 28.6 Å². The van der Waals surface area contributed by atoms with Gasteiger partial charge in [0.25, 0.3) is 0 Å². The number of sulfonamides is 1. The first-order chi connectivity index (χ1) is 12.2. The second kappa shape index (κ2) is 7.00. The largest absolute Gasteiger partial charge is 0.416 e. The minimum atomic E-state index is -4.44. The number of hydrogen-bond acceptors (Lipinski definition) is 2. The lowest BCUT2D eigenvalue weighted by atomic mass is 9.87. The molecule has 0 amide bonds. The lowest BCUT2D eigenvalue weighted by molar-refractivity contribution is -0.138. The Bertz CT molecular complexity index is 888. The van der Waals surface area contributed by atoms with Gasteiger partial charge in [-0.25, -0.2) is 12.8 Å². The molecular formula is C18H17F4NO2S. The third kappa shape index (κ3) is 3.76. The smallest absolute Gasteiger partial charge is 0.207 e. The van der Waals surface area contributed by atoms with Crippen LogP contribution in [-0.2, 0) is 16.2 Å². The maximum absolute atomic E-state index is 13.3. The second-order valence-corrected chi connectivity index (χ2v) is 8.16. The Labute approximate surface area is 149 Å². The summed E-state index contributed by atoms with van der Waals surface area (Å²) < 4.78 is 79.3. The quantitative estimate of drug-likeness (QED) is 0.732. The van der Waals surface area contributed by atoms with E-state index in [0.717, 1.165) is 18.2 Å². The molecular weight excluding hydrogens is 370 g/mol. The Kier molecular flexibility index (Phi) is 5.07. The molecule has 0 spiro atoms. The highest BCUT2D eigenvalue weighted by Gasteiger charge is 2.37. The summed E-state index contributed by atoms with van der Waals surface area (Å²) in [7, 11) is -3.86. The third-order valence-corrected chi connectivity index (χ3v) is 6.49. The summed E-state index contributed by atoms with van der Waals surface area (Å²) in [5.74, 6) is -1.02. The number of piperidine rings is 1. The van der Waals surface area contributed by atoms with Crippen LogP contribution >= 0.6 is 0 Å². The van der Waals surface area contributed by atoms with Crippen LogP contribution in [0.15, 0.2) is 53.4 Å². The zero-order chi connectivity index (χ0) is 18.9. The normalized spacial score (nSPS) is 17.4. The highest BCUT2D eigenvalue weighted by atomic mass is 32.2. The van der Waals surface area contributed by atoms with E-state index in [1.54, 1.807) is 6.07 Å². The molecule has 2 aromatic carbocycles. The van der Waals surface area contributed by atoms with E-state index in [0.29, 0.717) is 0 Å². The van der Waals surface area contributed by atoms with Crippen LogP contribution in [0.1, 0.15) is 29.9 Å². The average Bonchev–Trinajstić information content (AvgIpc) is 2.61. The molecule has 8 heteroatoms. The van der Waals surface area contributed by atoms with Gasteiger partial charge in [-0.3, -0.25) is 0 Å². The Morgan fingerprint density at radius 1 is 0.962 bits per heavy atom. The fraction of sp³-hybridized carbons (Fsp3) is 0.333. The average molecular weight is 387 g/mol. The van der Waals surface area contributed by atoms with Gasteiger partial charge in [-0.2, -0.15) is 17.5 Å². The highest BCUT2D eigenvalue weighted by Crippen LogP contribution is 2.39. The van der Waals surface area contributed by atoms with E-state index in [1.807, 2.05) is 0 Å². The van der Waals surface area contributed by atoms with Crippen molar-refractivity contribution in [3.8, 4) is 0 Å². The number of benzene rings is 2. The van der Waals surface area contributed by atoms with Gasteiger partial charge in [0.05, 0.1) is 10.5 Å². The van der Waals surface area contributed by atoms with Crippen molar-refractivity contribution < 1.29 is 26.0 Å². The van der Waals surface area contributed by atoms with Crippen LogP contribution in [0.5, 0.6) is 0 Å². The first kappa shape index (κ1) is 18.8. The van der Waals surface area contributed by atoms with Crippen molar-refractivity contribution in [3.05, 3.63) is 65.5 Å². The number of hydrogen-bond donors (Lipinski definition) is 0. The standard InChI is InChI=1S/C18H17F4NO2S/c19-14-4-3-5-15(12-14)26(24,25)23-10-8-13(9-11-23)16-6-1-2-7-17(16)18(20,21)22/h1-7,12-13H,8-11H2. The zero-order valence-electron chi connectivity index (χ0n) is 13.7. The third-order valence-electron chi connectivity index (χ3n) is 4.59. The first-order valence-corrected chi connectivity index (χ1v) is 9.55. The Balaban J connectivity index is 1.78. The molecule has 0 bridgehead atoms. The number of halogens is 4. The molecule has 0 radical (unpaired) electrons. The molecule has 0 saturated carbocycles. The highest BCUT2D eigenvalue weighted by molar-refractivity contribution is 7.89. The molecule has 3 rings (SSSR count). The lowest BCUT2D eigenvalue weighted by Crippen LogP contribution is -2.38. The van der Waals surface area contributed by atoms with Gasteiger partial charge in [-0.15, -0.1) is 0 Å². The van der Waals surface area contributed by atoms with Crippen molar-refractivity contribution in [2.45, 2.75) is 29.8 Å². The van der Waals surface area contributed by atoms with E-state index >= 15 is 0 Å². The molecule has 1 saturated heterocycles. The topological polar surface area (TPSA) is 37.4 Å². The number of rotatable bonds is 3. The van der Waals surface area contributed by atoms with Crippen LogP contribution in [0.2, 0.25) is 0 Å². The Morgan fingerprint density at radius 3 is 2.23 bits per heavy atom. The van der Waals surface area contributed by atoms with Gasteiger partial charge in [0.15, 0.2) is 0 Å². The Morgan fingerprint density at radius 2 is 1.62 bits per heavy atom. The van der Waals surface area contributed by atoms with Crippen LogP contribution in [-0.4, -0.2) is 25.8 Å². The molecule has 0 aliphatic carbocycles. The van der Waals surface area contributed by atoms with Crippen molar-refractivity contribution in [2.75, 3.05) is 13.1 Å². The van der Waals surface area contributed by atoms with Crippen molar-refractivity contribution in [1.82, 2.24) is 4.31 Å². The van der Waals surface area contributed by atoms with E-state index in [2.05, 4.69) is 0 Å². The summed E-state index contributed by atoms with van der Waals surface area (Å²) in [5, 5.41) is 0. The summed E-state index contributed by atoms with van der Waals surface area (Å²) in [5.41, 5.74) is -0.478. The van der Waals surface area contributed by atoms with E-state index in [4.69, 9.17) is 0 Å². The molecule has 0 aromatic heterocycles. The number of alkyl halides is 3. The van der Waals surface area contributed by atoms with Crippen molar-refractivity contribution >= 4 is 10.0 Å². The molecule has 3 nitrogen and oxygen atoms in total. The monoisotopic (exact) mass is 387 g/mol. The minimum Gasteiger partial charge on any atom is -0.207 e. The van der Waals surface area contributed by atoms with Crippen LogP contribution < -0.4 is 0 Å². The molecule has 26 heavy (non-hydrogen) atoms. The summed E-state index contributed by atoms with van der Waals surface area (Å²) in [6, 6.07) is 10.1. The molecule has 1 aliphatic rings. The maximum atomic E-state index is 13.3. The summed E-state index contributed by atoms with van der Waals surface area (Å²) in [4.78, 5) is -0.147. The van der Waals surface area contributed by atoms with Gasteiger partial charge in [0.1, 0.15) is 5.82 Å². The van der Waals surface area contributed by atoms with E-state index in [-0.39, 0.29) is 42.3 Å². The molecule has 140 valence electrons. The van der Waals surface area contributed by atoms with Crippen molar-refractivity contribution in [3.63, 3.8) is 0 Å². The molecule has 1 heterocycles. The fourth-order valence-electron chi connectivity index (χ4n) is 3.29. The summed E-state index contributed by atoms with van der Waals surface area (Å²) in [6.07, 6.45) is -3.88. The molecule has 0 N–H and O–H groups in total. The fourth-order valence-corrected chi connectivity index (χ4v) is 4.80. The minimum absolute atomic E-state index is 0.0930.